The highest BCUT2D eigenvalue weighted by Gasteiger charge is 2.15. The summed E-state index contributed by atoms with van der Waals surface area (Å²) in [6, 6.07) is 11.5. The molecule has 0 aliphatic rings. The lowest BCUT2D eigenvalue weighted by Gasteiger charge is -2.07. The minimum absolute atomic E-state index is 0.000191. The van der Waals surface area contributed by atoms with E-state index in [4.69, 9.17) is 10.5 Å². The molecule has 3 aromatic heterocycles. The molecule has 30 heavy (non-hydrogen) atoms. The zero-order valence-electron chi connectivity index (χ0n) is 16.2. The molecule has 0 aliphatic heterocycles. The Hall–Kier alpha value is -4.34. The normalized spacial score (nSPS) is 10.7. The van der Waals surface area contributed by atoms with Crippen LogP contribution in [0.2, 0.25) is 0 Å². The zero-order valence-corrected chi connectivity index (χ0v) is 16.2. The van der Waals surface area contributed by atoms with Gasteiger partial charge in [0.1, 0.15) is 5.75 Å². The standard InChI is InChI=1S/C20H17N7O3/c1-11-8-12(2)27-20(23-11)25-18(26-27)19(29)24-14-6-7-16(22-10-14)30-15-5-3-4-13(9-15)17(21)28/h3-10H,1-2H3,(H2,21,28)(H,24,29). The summed E-state index contributed by atoms with van der Waals surface area (Å²) in [6.07, 6.45) is 1.44. The number of benzene rings is 1. The molecule has 0 radical (unpaired) electrons. The first-order valence-electron chi connectivity index (χ1n) is 8.95. The third kappa shape index (κ3) is 3.92. The lowest BCUT2D eigenvalue weighted by atomic mass is 10.2. The molecular weight excluding hydrogens is 386 g/mol. The Balaban J connectivity index is 1.47. The van der Waals surface area contributed by atoms with Crippen molar-refractivity contribution in [2.75, 3.05) is 5.32 Å². The molecule has 10 heteroatoms. The van der Waals surface area contributed by atoms with E-state index in [-0.39, 0.29) is 11.7 Å². The summed E-state index contributed by atoms with van der Waals surface area (Å²) in [7, 11) is 0. The number of anilines is 1. The van der Waals surface area contributed by atoms with Crippen LogP contribution in [0.4, 0.5) is 5.69 Å². The SMILES string of the molecule is Cc1cc(C)n2nc(C(=O)Nc3ccc(Oc4cccc(C(N)=O)c4)nc3)nc2n1. The van der Waals surface area contributed by atoms with E-state index in [1.165, 1.54) is 16.8 Å². The topological polar surface area (TPSA) is 137 Å². The zero-order chi connectivity index (χ0) is 21.3. The summed E-state index contributed by atoms with van der Waals surface area (Å²) < 4.78 is 7.12. The second-order valence-electron chi connectivity index (χ2n) is 6.52. The molecule has 0 spiro atoms. The molecule has 10 nitrogen and oxygen atoms in total. The van der Waals surface area contributed by atoms with E-state index in [0.29, 0.717) is 22.8 Å². The minimum Gasteiger partial charge on any atom is -0.439 e. The van der Waals surface area contributed by atoms with Gasteiger partial charge in [-0.1, -0.05) is 6.07 Å². The molecule has 4 rings (SSSR count). The molecule has 0 aliphatic carbocycles. The number of fused-ring (bicyclic) bond motifs is 1. The van der Waals surface area contributed by atoms with Crippen molar-refractivity contribution in [3.05, 3.63) is 71.4 Å². The van der Waals surface area contributed by atoms with Crippen LogP contribution in [0, 0.1) is 13.8 Å². The van der Waals surface area contributed by atoms with Gasteiger partial charge in [-0.25, -0.2) is 14.5 Å². The molecule has 0 saturated heterocycles. The molecule has 0 bridgehead atoms. The number of ether oxygens (including phenoxy) is 1. The Morgan fingerprint density at radius 3 is 2.67 bits per heavy atom. The van der Waals surface area contributed by atoms with Gasteiger partial charge in [-0.05, 0) is 44.2 Å². The average molecular weight is 403 g/mol. The maximum Gasteiger partial charge on any atom is 0.295 e. The van der Waals surface area contributed by atoms with Crippen molar-refractivity contribution in [3.63, 3.8) is 0 Å². The molecule has 150 valence electrons. The third-order valence-electron chi connectivity index (χ3n) is 4.16. The van der Waals surface area contributed by atoms with Gasteiger partial charge in [0, 0.05) is 23.0 Å². The molecule has 4 aromatic rings. The Morgan fingerprint density at radius 1 is 1.10 bits per heavy atom. The van der Waals surface area contributed by atoms with Gasteiger partial charge >= 0.3 is 0 Å². The number of aryl methyl sites for hydroxylation is 2. The summed E-state index contributed by atoms with van der Waals surface area (Å²) in [6.45, 7) is 3.71. The third-order valence-corrected chi connectivity index (χ3v) is 4.16. The second-order valence-corrected chi connectivity index (χ2v) is 6.52. The number of aromatic nitrogens is 5. The van der Waals surface area contributed by atoms with E-state index in [9.17, 15) is 9.59 Å². The van der Waals surface area contributed by atoms with Gasteiger partial charge in [0.2, 0.25) is 17.6 Å². The van der Waals surface area contributed by atoms with Crippen molar-refractivity contribution in [1.29, 1.82) is 0 Å². The van der Waals surface area contributed by atoms with Crippen LogP contribution < -0.4 is 15.8 Å². The predicted octanol–water partition coefficient (Wildman–Crippen LogP) is 2.28. The number of hydrogen-bond donors (Lipinski definition) is 2. The van der Waals surface area contributed by atoms with Crippen molar-refractivity contribution < 1.29 is 14.3 Å². The van der Waals surface area contributed by atoms with Gasteiger partial charge in [-0.3, -0.25) is 9.59 Å². The monoisotopic (exact) mass is 403 g/mol. The minimum atomic E-state index is -0.549. The summed E-state index contributed by atoms with van der Waals surface area (Å²) in [5, 5.41) is 6.88. The Bertz CT molecular complexity index is 1270. The highest BCUT2D eigenvalue weighted by Crippen LogP contribution is 2.21. The number of rotatable bonds is 5. The number of nitrogens with two attached hydrogens (primary N) is 1. The quantitative estimate of drug-likeness (QED) is 0.521. The number of amides is 2. The molecule has 0 saturated carbocycles. The summed E-state index contributed by atoms with van der Waals surface area (Å²) in [5.74, 6) is 0.0330. The summed E-state index contributed by atoms with van der Waals surface area (Å²) in [5.41, 5.74) is 7.66. The van der Waals surface area contributed by atoms with E-state index in [2.05, 4.69) is 25.4 Å². The fourth-order valence-electron chi connectivity index (χ4n) is 2.80. The van der Waals surface area contributed by atoms with Gasteiger partial charge in [0.05, 0.1) is 11.9 Å². The van der Waals surface area contributed by atoms with Gasteiger partial charge in [0.15, 0.2) is 0 Å². The average Bonchev–Trinajstić information content (AvgIpc) is 3.14. The van der Waals surface area contributed by atoms with Gasteiger partial charge in [-0.15, -0.1) is 5.10 Å². The van der Waals surface area contributed by atoms with Crippen LogP contribution in [0.1, 0.15) is 32.4 Å². The number of primary amides is 1. The van der Waals surface area contributed by atoms with Gasteiger partial charge in [-0.2, -0.15) is 4.98 Å². The number of pyridine rings is 1. The van der Waals surface area contributed by atoms with Crippen LogP contribution in [-0.4, -0.2) is 36.4 Å². The highest BCUT2D eigenvalue weighted by atomic mass is 16.5. The first-order chi connectivity index (χ1) is 14.4. The van der Waals surface area contributed by atoms with Crippen molar-refractivity contribution in [2.45, 2.75) is 13.8 Å². The molecule has 1 aromatic carbocycles. The fraction of sp³-hybridized carbons (Fsp3) is 0.100. The summed E-state index contributed by atoms with van der Waals surface area (Å²) >= 11 is 0. The van der Waals surface area contributed by atoms with Crippen molar-refractivity contribution in [3.8, 4) is 11.6 Å². The Morgan fingerprint density at radius 2 is 1.93 bits per heavy atom. The maximum absolute atomic E-state index is 12.5. The first-order valence-corrected chi connectivity index (χ1v) is 8.95. The van der Waals surface area contributed by atoms with E-state index >= 15 is 0 Å². The van der Waals surface area contributed by atoms with E-state index in [1.807, 2.05) is 19.9 Å². The van der Waals surface area contributed by atoms with Crippen LogP contribution in [0.25, 0.3) is 5.78 Å². The van der Waals surface area contributed by atoms with Crippen molar-refractivity contribution >= 4 is 23.3 Å². The molecule has 0 atom stereocenters. The number of nitrogens with zero attached hydrogens (tertiary/aromatic N) is 5. The number of nitrogens with one attached hydrogen (secondary N) is 1. The van der Waals surface area contributed by atoms with Crippen LogP contribution in [0.3, 0.4) is 0 Å². The largest absolute Gasteiger partial charge is 0.439 e. The molecule has 0 unspecified atom stereocenters. The number of carbonyl (C=O) groups excluding carboxylic acids is 2. The Labute approximate surface area is 170 Å². The Kier molecular flexibility index (Phi) is 4.80. The molecule has 0 fully saturated rings. The van der Waals surface area contributed by atoms with Crippen LogP contribution in [0.15, 0.2) is 48.7 Å². The van der Waals surface area contributed by atoms with Crippen LogP contribution in [0.5, 0.6) is 11.6 Å². The fourth-order valence-corrected chi connectivity index (χ4v) is 2.80. The van der Waals surface area contributed by atoms with Gasteiger partial charge < -0.3 is 15.8 Å². The molecule has 3 heterocycles. The lowest BCUT2D eigenvalue weighted by molar-refractivity contribution is 0.0996. The lowest BCUT2D eigenvalue weighted by Crippen LogP contribution is -2.14. The van der Waals surface area contributed by atoms with Crippen LogP contribution >= 0.6 is 0 Å². The number of carbonyl (C=O) groups is 2. The van der Waals surface area contributed by atoms with Crippen molar-refractivity contribution in [2.24, 2.45) is 5.73 Å². The first kappa shape index (κ1) is 19.0. The molecular formula is C20H17N7O3. The smallest absolute Gasteiger partial charge is 0.295 e. The van der Waals surface area contributed by atoms with E-state index < -0.39 is 11.8 Å². The van der Waals surface area contributed by atoms with Crippen molar-refractivity contribution in [1.82, 2.24) is 24.6 Å². The van der Waals surface area contributed by atoms with Gasteiger partial charge in [0.25, 0.3) is 11.7 Å². The predicted molar refractivity (Wildman–Crippen MR) is 107 cm³/mol. The van der Waals surface area contributed by atoms with Crippen LogP contribution in [-0.2, 0) is 0 Å². The molecule has 2 amide bonds. The second kappa shape index (κ2) is 7.59. The maximum atomic E-state index is 12.5. The highest BCUT2D eigenvalue weighted by molar-refractivity contribution is 6.01. The van der Waals surface area contributed by atoms with E-state index in [0.717, 1.165) is 11.4 Å². The summed E-state index contributed by atoms with van der Waals surface area (Å²) in [4.78, 5) is 36.3. The van der Waals surface area contributed by atoms with E-state index in [1.54, 1.807) is 30.3 Å². The molecule has 3 N–H and O–H groups in total. The number of hydrogen-bond acceptors (Lipinski definition) is 7.